The molecule has 5 rings (SSSR count). The van der Waals surface area contributed by atoms with Gasteiger partial charge in [0.2, 0.25) is 0 Å². The van der Waals surface area contributed by atoms with Gasteiger partial charge < -0.3 is 20.2 Å². The molecule has 4 N–H and O–H groups in total. The molecule has 0 amide bonds. The van der Waals surface area contributed by atoms with Crippen LogP contribution in [0.1, 0.15) is 86.4 Å². The SMILES string of the molecule is CC(=O)C(C)=O.CC1=Cc2cc3[nH]c(cc4nc(cc5[nH]c(cc1n2)c(C)c5CCC(=O)O)C(CCC(=O)O)=C4C)cc3C. The molecule has 0 aromatic carbocycles. The van der Waals surface area contributed by atoms with Crippen molar-refractivity contribution >= 4 is 68.4 Å². The van der Waals surface area contributed by atoms with Gasteiger partial charge in [0, 0.05) is 48.8 Å². The molecule has 10 nitrogen and oxygen atoms in total. The molecule has 10 heteroatoms. The molecule has 2 aliphatic heterocycles. The van der Waals surface area contributed by atoms with E-state index in [2.05, 4.69) is 16.0 Å². The molecule has 5 heterocycles. The lowest BCUT2D eigenvalue weighted by molar-refractivity contribution is -0.137. The van der Waals surface area contributed by atoms with Crippen LogP contribution in [0.2, 0.25) is 0 Å². The molecule has 0 aliphatic carbocycles. The van der Waals surface area contributed by atoms with Crippen LogP contribution in [0.25, 0.3) is 44.9 Å². The first-order valence-electron chi connectivity index (χ1n) is 14.3. The van der Waals surface area contributed by atoms with Crippen LogP contribution in [0.15, 0.2) is 30.3 Å². The zero-order chi connectivity index (χ0) is 32.3. The van der Waals surface area contributed by atoms with Crippen LogP contribution >= 0.6 is 0 Å². The van der Waals surface area contributed by atoms with E-state index < -0.39 is 11.9 Å². The first-order chi connectivity index (χ1) is 20.7. The van der Waals surface area contributed by atoms with Crippen molar-refractivity contribution < 1.29 is 29.4 Å². The number of fused-ring (bicyclic) bond motifs is 8. The van der Waals surface area contributed by atoms with E-state index in [0.717, 1.165) is 72.6 Å². The number of carbonyl (C=O) groups excluding carboxylic acids is 2. The lowest BCUT2D eigenvalue weighted by atomic mass is 10.0. The largest absolute Gasteiger partial charge is 0.481 e. The molecular formula is C34H36N4O6. The van der Waals surface area contributed by atoms with Crippen molar-refractivity contribution in [2.45, 2.75) is 67.2 Å². The summed E-state index contributed by atoms with van der Waals surface area (Å²) < 4.78 is 0. The van der Waals surface area contributed by atoms with Gasteiger partial charge in [0.05, 0.1) is 22.8 Å². The zero-order valence-electron chi connectivity index (χ0n) is 25.7. The highest BCUT2D eigenvalue weighted by Gasteiger charge is 2.19. The van der Waals surface area contributed by atoms with Crippen molar-refractivity contribution in [3.8, 4) is 0 Å². The normalized spacial score (nSPS) is 12.4. The Hall–Kier alpha value is -5.12. The van der Waals surface area contributed by atoms with Gasteiger partial charge in [-0.2, -0.15) is 0 Å². The lowest BCUT2D eigenvalue weighted by Crippen LogP contribution is -2.01. The van der Waals surface area contributed by atoms with E-state index in [1.165, 1.54) is 13.8 Å². The summed E-state index contributed by atoms with van der Waals surface area (Å²) in [6.07, 6.45) is 2.74. The highest BCUT2D eigenvalue weighted by molar-refractivity contribution is 6.35. The van der Waals surface area contributed by atoms with Crippen LogP contribution in [0.5, 0.6) is 0 Å². The number of ketones is 2. The standard InChI is InChI=1S/C30H30N4O4.C4H6O2/c1-15-9-20-12-25-17(3)21(5-7-29(35)36)27(33-25)14-28-22(6-8-30(37)38)18(4)26(34-28)13-24-16(2)10-19(32-24)11-23(15)31-20;1-3(5)4(2)6/h9-14,31,34H,5-8H2,1-4H3,(H,35,36)(H,37,38);1-2H3. The summed E-state index contributed by atoms with van der Waals surface area (Å²) >= 11 is 0. The molecule has 3 aromatic rings. The summed E-state index contributed by atoms with van der Waals surface area (Å²) in [6.45, 7) is 10.5. The number of Topliss-reactive ketones (excluding diaryl/α,β-unsaturated/α-hetero) is 2. The van der Waals surface area contributed by atoms with Crippen LogP contribution in [0.4, 0.5) is 0 Å². The fourth-order valence-electron chi connectivity index (χ4n) is 5.11. The van der Waals surface area contributed by atoms with Gasteiger partial charge in [-0.3, -0.25) is 19.2 Å². The maximum atomic E-state index is 11.4. The minimum absolute atomic E-state index is 0.00160. The molecule has 3 aromatic heterocycles. The predicted octanol–water partition coefficient (Wildman–Crippen LogP) is 6.47. The summed E-state index contributed by atoms with van der Waals surface area (Å²) in [7, 11) is 0. The van der Waals surface area contributed by atoms with Crippen molar-refractivity contribution in [1.82, 2.24) is 19.9 Å². The van der Waals surface area contributed by atoms with Crippen LogP contribution in [-0.2, 0) is 25.6 Å². The Morgan fingerprint density at radius 3 is 1.98 bits per heavy atom. The van der Waals surface area contributed by atoms with Crippen molar-refractivity contribution in [1.29, 1.82) is 0 Å². The molecule has 2 aliphatic rings. The van der Waals surface area contributed by atoms with Gasteiger partial charge in [0.1, 0.15) is 0 Å². The van der Waals surface area contributed by atoms with Crippen LogP contribution in [0, 0.1) is 13.8 Å². The molecular weight excluding hydrogens is 560 g/mol. The average Bonchev–Trinajstić information content (AvgIpc) is 3.63. The molecule has 0 saturated carbocycles. The third kappa shape index (κ3) is 7.26. The van der Waals surface area contributed by atoms with E-state index in [0.29, 0.717) is 18.5 Å². The van der Waals surface area contributed by atoms with E-state index in [1.54, 1.807) is 0 Å². The number of allylic oxidation sites excluding steroid dienone is 3. The molecule has 0 fully saturated rings. The molecule has 0 radical (unpaired) electrons. The molecule has 44 heavy (non-hydrogen) atoms. The van der Waals surface area contributed by atoms with E-state index >= 15 is 0 Å². The zero-order valence-corrected chi connectivity index (χ0v) is 25.7. The maximum Gasteiger partial charge on any atom is 0.303 e. The van der Waals surface area contributed by atoms with Gasteiger partial charge in [-0.05, 0) is 110 Å². The van der Waals surface area contributed by atoms with Gasteiger partial charge in [-0.1, -0.05) is 0 Å². The summed E-state index contributed by atoms with van der Waals surface area (Å²) in [5, 5.41) is 18.7. The van der Waals surface area contributed by atoms with E-state index in [4.69, 9.17) is 9.97 Å². The number of aryl methyl sites for hydroxylation is 3. The Morgan fingerprint density at radius 2 is 1.34 bits per heavy atom. The Kier molecular flexibility index (Phi) is 9.42. The Morgan fingerprint density at radius 1 is 0.705 bits per heavy atom. The summed E-state index contributed by atoms with van der Waals surface area (Å²) in [4.78, 5) is 59.1. The number of aliphatic carboxylic acids is 2. The topological polar surface area (TPSA) is 166 Å². The first kappa shape index (κ1) is 31.8. The number of hydrogen-bond acceptors (Lipinski definition) is 6. The number of aromatic amines is 2. The lowest BCUT2D eigenvalue weighted by Gasteiger charge is -2.03. The second-order valence-corrected chi connectivity index (χ2v) is 11.1. The quantitative estimate of drug-likeness (QED) is 0.225. The molecule has 0 saturated heterocycles. The molecule has 0 atom stereocenters. The number of aromatic nitrogens is 4. The van der Waals surface area contributed by atoms with Gasteiger partial charge in [0.15, 0.2) is 11.6 Å². The summed E-state index contributed by atoms with van der Waals surface area (Å²) in [5.74, 6) is -2.49. The number of nitrogens with zero attached hydrogens (tertiary/aromatic N) is 2. The molecule has 0 spiro atoms. The molecule has 228 valence electrons. The third-order valence-corrected chi connectivity index (χ3v) is 7.75. The van der Waals surface area contributed by atoms with E-state index in [9.17, 15) is 29.4 Å². The predicted molar refractivity (Wildman–Crippen MR) is 171 cm³/mol. The van der Waals surface area contributed by atoms with E-state index in [-0.39, 0.29) is 24.4 Å². The van der Waals surface area contributed by atoms with Gasteiger partial charge in [-0.25, -0.2) is 9.97 Å². The number of carbonyl (C=O) groups is 4. The number of H-pyrrole nitrogens is 2. The monoisotopic (exact) mass is 596 g/mol. The highest BCUT2D eigenvalue weighted by Crippen LogP contribution is 2.34. The summed E-state index contributed by atoms with van der Waals surface area (Å²) in [5.41, 5.74) is 12.4. The third-order valence-electron chi connectivity index (χ3n) is 7.75. The van der Waals surface area contributed by atoms with Crippen molar-refractivity contribution in [3.05, 3.63) is 69.8 Å². The Balaban J connectivity index is 0.000000670. The maximum absolute atomic E-state index is 11.4. The second kappa shape index (κ2) is 13.0. The first-order valence-corrected chi connectivity index (χ1v) is 14.3. The minimum atomic E-state index is -0.868. The smallest absolute Gasteiger partial charge is 0.303 e. The van der Waals surface area contributed by atoms with Gasteiger partial charge in [-0.15, -0.1) is 0 Å². The number of rotatable bonds is 7. The number of carboxylic acid groups (broad SMARTS) is 2. The number of hydrogen-bond donors (Lipinski definition) is 4. The van der Waals surface area contributed by atoms with E-state index in [1.807, 2.05) is 58.0 Å². The highest BCUT2D eigenvalue weighted by atomic mass is 16.4. The fourth-order valence-corrected chi connectivity index (χ4v) is 5.11. The Labute approximate surface area is 254 Å². The van der Waals surface area contributed by atoms with Crippen molar-refractivity contribution in [3.63, 3.8) is 0 Å². The number of nitrogens with one attached hydrogen (secondary N) is 2. The second-order valence-electron chi connectivity index (χ2n) is 11.1. The van der Waals surface area contributed by atoms with Crippen molar-refractivity contribution in [2.24, 2.45) is 0 Å². The van der Waals surface area contributed by atoms with Crippen LogP contribution in [-0.4, -0.2) is 53.7 Å². The Bertz CT molecular complexity index is 1910. The van der Waals surface area contributed by atoms with Gasteiger partial charge in [0.25, 0.3) is 0 Å². The minimum Gasteiger partial charge on any atom is -0.481 e. The fraction of sp³-hybridized carbons (Fsp3) is 0.294. The molecule has 0 unspecified atom stereocenters. The van der Waals surface area contributed by atoms with Crippen molar-refractivity contribution in [2.75, 3.05) is 0 Å². The van der Waals surface area contributed by atoms with Crippen LogP contribution < -0.4 is 0 Å². The molecule has 8 bridgehead atoms. The number of carboxylic acids is 2. The van der Waals surface area contributed by atoms with Crippen LogP contribution in [0.3, 0.4) is 0 Å². The summed E-state index contributed by atoms with van der Waals surface area (Å²) in [6, 6.07) is 9.98. The van der Waals surface area contributed by atoms with Gasteiger partial charge >= 0.3 is 11.9 Å². The average molecular weight is 597 g/mol.